The topological polar surface area (TPSA) is 55.4 Å². The third-order valence-corrected chi connectivity index (χ3v) is 5.89. The van der Waals surface area contributed by atoms with Crippen molar-refractivity contribution < 1.29 is 14.3 Å². The number of hydrogen-bond acceptors (Lipinski definition) is 4. The van der Waals surface area contributed by atoms with E-state index in [4.69, 9.17) is 4.74 Å². The van der Waals surface area contributed by atoms with Gasteiger partial charge in [-0.2, -0.15) is 0 Å². The second kappa shape index (κ2) is 7.90. The second-order valence-electron chi connectivity index (χ2n) is 6.55. The molecule has 0 spiro atoms. The standard InChI is InChI=1S/C23H19NO3S/c1-27-18-9-6-15(7-10-18)14-24-23(26)16-8-11-21-17(12-16)13-20(25)19-4-2-3-5-22(19)28-21/h2-12H,13-14H2,1H3,(H,24,26). The number of methoxy groups -OCH3 is 1. The summed E-state index contributed by atoms with van der Waals surface area (Å²) >= 11 is 1.58. The summed E-state index contributed by atoms with van der Waals surface area (Å²) in [4.78, 5) is 27.2. The van der Waals surface area contributed by atoms with Gasteiger partial charge in [0.25, 0.3) is 5.91 Å². The second-order valence-corrected chi connectivity index (χ2v) is 7.64. The maximum Gasteiger partial charge on any atom is 0.251 e. The van der Waals surface area contributed by atoms with Crippen molar-refractivity contribution in [1.82, 2.24) is 5.32 Å². The van der Waals surface area contributed by atoms with E-state index in [1.54, 1.807) is 18.9 Å². The lowest BCUT2D eigenvalue weighted by molar-refractivity contribution is 0.0947. The Hall–Kier alpha value is -3.05. The molecule has 3 aromatic rings. The molecule has 3 aromatic carbocycles. The number of ether oxygens (including phenoxy) is 1. The molecule has 1 aliphatic rings. The Balaban J connectivity index is 1.50. The zero-order chi connectivity index (χ0) is 19.5. The molecule has 28 heavy (non-hydrogen) atoms. The van der Waals surface area contributed by atoms with E-state index in [1.807, 2.05) is 66.7 Å². The number of carbonyl (C=O) groups excluding carboxylic acids is 2. The first-order chi connectivity index (χ1) is 13.6. The van der Waals surface area contributed by atoms with Crippen LogP contribution in [0, 0.1) is 0 Å². The Morgan fingerprint density at radius 1 is 1.04 bits per heavy atom. The molecule has 0 atom stereocenters. The number of amides is 1. The van der Waals surface area contributed by atoms with E-state index < -0.39 is 0 Å². The highest BCUT2D eigenvalue weighted by atomic mass is 32.2. The number of hydrogen-bond donors (Lipinski definition) is 1. The van der Waals surface area contributed by atoms with E-state index >= 15 is 0 Å². The van der Waals surface area contributed by atoms with Gasteiger partial charge in [0, 0.05) is 33.9 Å². The quantitative estimate of drug-likeness (QED) is 0.713. The van der Waals surface area contributed by atoms with Crippen LogP contribution in [0.2, 0.25) is 0 Å². The molecule has 1 heterocycles. The fourth-order valence-electron chi connectivity index (χ4n) is 3.16. The summed E-state index contributed by atoms with van der Waals surface area (Å²) in [5, 5.41) is 2.93. The molecule has 0 bridgehead atoms. The summed E-state index contributed by atoms with van der Waals surface area (Å²) in [6.45, 7) is 0.430. The Morgan fingerprint density at radius 3 is 2.61 bits per heavy atom. The van der Waals surface area contributed by atoms with Crippen molar-refractivity contribution in [2.45, 2.75) is 22.8 Å². The van der Waals surface area contributed by atoms with Gasteiger partial charge in [-0.1, -0.05) is 42.1 Å². The van der Waals surface area contributed by atoms with Crippen molar-refractivity contribution in [3.05, 3.63) is 89.0 Å². The number of ketones is 1. The summed E-state index contributed by atoms with van der Waals surface area (Å²) in [6.07, 6.45) is 0.305. The molecule has 0 radical (unpaired) electrons. The molecule has 0 aliphatic carbocycles. The van der Waals surface area contributed by atoms with Crippen LogP contribution >= 0.6 is 11.8 Å². The molecule has 4 nitrogen and oxygen atoms in total. The molecule has 4 rings (SSSR count). The summed E-state index contributed by atoms with van der Waals surface area (Å²) in [7, 11) is 1.62. The van der Waals surface area contributed by atoms with Gasteiger partial charge >= 0.3 is 0 Å². The highest BCUT2D eigenvalue weighted by Gasteiger charge is 2.21. The molecule has 0 fully saturated rings. The van der Waals surface area contributed by atoms with Crippen LogP contribution in [-0.2, 0) is 13.0 Å². The highest BCUT2D eigenvalue weighted by Crippen LogP contribution is 2.37. The molecule has 0 aromatic heterocycles. The number of rotatable bonds is 4. The van der Waals surface area contributed by atoms with Gasteiger partial charge in [-0.15, -0.1) is 0 Å². The first-order valence-corrected chi connectivity index (χ1v) is 9.80. The predicted octanol–water partition coefficient (Wildman–Crippen LogP) is 4.52. The van der Waals surface area contributed by atoms with Crippen molar-refractivity contribution in [3.63, 3.8) is 0 Å². The van der Waals surface area contributed by atoms with Crippen LogP contribution in [0.15, 0.2) is 76.5 Å². The van der Waals surface area contributed by atoms with Gasteiger partial charge in [-0.3, -0.25) is 9.59 Å². The van der Waals surface area contributed by atoms with E-state index in [9.17, 15) is 9.59 Å². The predicted molar refractivity (Wildman–Crippen MR) is 109 cm³/mol. The lowest BCUT2D eigenvalue weighted by Crippen LogP contribution is -2.23. The van der Waals surface area contributed by atoms with Gasteiger partial charge < -0.3 is 10.1 Å². The minimum atomic E-state index is -0.155. The smallest absolute Gasteiger partial charge is 0.251 e. The number of fused-ring (bicyclic) bond motifs is 2. The zero-order valence-electron chi connectivity index (χ0n) is 15.4. The summed E-state index contributed by atoms with van der Waals surface area (Å²) in [6, 6.07) is 20.8. The van der Waals surface area contributed by atoms with Crippen LogP contribution in [0.3, 0.4) is 0 Å². The Morgan fingerprint density at radius 2 is 1.82 bits per heavy atom. The zero-order valence-corrected chi connectivity index (χ0v) is 16.2. The van der Waals surface area contributed by atoms with Crippen molar-refractivity contribution >= 4 is 23.5 Å². The maximum atomic E-state index is 12.6. The van der Waals surface area contributed by atoms with E-state index in [0.717, 1.165) is 32.2 Å². The lowest BCUT2D eigenvalue weighted by atomic mass is 10.0. The molecule has 140 valence electrons. The molecule has 0 saturated carbocycles. The van der Waals surface area contributed by atoms with Gasteiger partial charge in [0.2, 0.25) is 0 Å². The number of carbonyl (C=O) groups is 2. The minimum Gasteiger partial charge on any atom is -0.497 e. The first-order valence-electron chi connectivity index (χ1n) is 8.98. The van der Waals surface area contributed by atoms with Gasteiger partial charge in [-0.25, -0.2) is 0 Å². The van der Waals surface area contributed by atoms with Crippen LogP contribution < -0.4 is 10.1 Å². The first kappa shape index (κ1) is 18.3. The van der Waals surface area contributed by atoms with E-state index in [-0.39, 0.29) is 11.7 Å². The Labute approximate surface area is 167 Å². The number of nitrogens with one attached hydrogen (secondary N) is 1. The molecule has 0 unspecified atom stereocenters. The monoisotopic (exact) mass is 389 g/mol. The van der Waals surface area contributed by atoms with E-state index in [0.29, 0.717) is 18.5 Å². The van der Waals surface area contributed by atoms with Crippen molar-refractivity contribution in [2.24, 2.45) is 0 Å². The van der Waals surface area contributed by atoms with Crippen molar-refractivity contribution in [3.8, 4) is 5.75 Å². The highest BCUT2D eigenvalue weighted by molar-refractivity contribution is 7.99. The largest absolute Gasteiger partial charge is 0.497 e. The number of Topliss-reactive ketones (excluding diaryl/α,β-unsaturated/α-hetero) is 1. The van der Waals surface area contributed by atoms with E-state index in [1.165, 1.54) is 0 Å². The van der Waals surface area contributed by atoms with Crippen molar-refractivity contribution in [2.75, 3.05) is 7.11 Å². The van der Waals surface area contributed by atoms with Crippen LogP contribution in [0.25, 0.3) is 0 Å². The average Bonchev–Trinajstić information content (AvgIpc) is 2.87. The van der Waals surface area contributed by atoms with Gasteiger partial charge in [-0.05, 0) is 47.5 Å². The van der Waals surface area contributed by atoms with Gasteiger partial charge in [0.15, 0.2) is 5.78 Å². The molecule has 1 amide bonds. The van der Waals surface area contributed by atoms with E-state index in [2.05, 4.69) is 5.32 Å². The summed E-state index contributed by atoms with van der Waals surface area (Å²) in [5.41, 5.74) is 3.19. The molecule has 5 heteroatoms. The lowest BCUT2D eigenvalue weighted by Gasteiger charge is -2.09. The fourth-order valence-corrected chi connectivity index (χ4v) is 4.23. The number of benzene rings is 3. The fraction of sp³-hybridized carbons (Fsp3) is 0.130. The Kier molecular flexibility index (Phi) is 5.17. The minimum absolute atomic E-state index is 0.0811. The van der Waals surface area contributed by atoms with Crippen LogP contribution in [0.5, 0.6) is 5.75 Å². The third kappa shape index (κ3) is 3.80. The van der Waals surface area contributed by atoms with Crippen LogP contribution in [-0.4, -0.2) is 18.8 Å². The molecule has 1 aliphatic heterocycles. The average molecular weight is 389 g/mol. The molecule has 0 saturated heterocycles. The third-order valence-electron chi connectivity index (χ3n) is 4.69. The van der Waals surface area contributed by atoms with Crippen molar-refractivity contribution in [1.29, 1.82) is 0 Å². The summed E-state index contributed by atoms with van der Waals surface area (Å²) in [5.74, 6) is 0.708. The normalized spacial score (nSPS) is 12.5. The SMILES string of the molecule is COc1ccc(CNC(=O)c2ccc3c(c2)CC(=O)c2ccccc2S3)cc1. The molecular weight excluding hydrogens is 370 g/mol. The van der Waals surface area contributed by atoms with Gasteiger partial charge in [0.1, 0.15) is 5.75 Å². The van der Waals surface area contributed by atoms with Gasteiger partial charge in [0.05, 0.1) is 7.11 Å². The maximum absolute atomic E-state index is 12.6. The Bertz CT molecular complexity index is 1040. The van der Waals surface area contributed by atoms with Crippen LogP contribution in [0.1, 0.15) is 31.8 Å². The summed E-state index contributed by atoms with van der Waals surface area (Å²) < 4.78 is 5.14. The molecular formula is C23H19NO3S. The van der Waals surface area contributed by atoms with Crippen LogP contribution in [0.4, 0.5) is 0 Å². The molecule has 1 N–H and O–H groups in total.